The van der Waals surface area contributed by atoms with E-state index in [1.165, 1.54) is 13.3 Å². The highest BCUT2D eigenvalue weighted by molar-refractivity contribution is 5.95. The van der Waals surface area contributed by atoms with Crippen molar-refractivity contribution in [3.8, 4) is 0 Å². The first-order valence-corrected chi connectivity index (χ1v) is 8.47. The Labute approximate surface area is 156 Å². The summed E-state index contributed by atoms with van der Waals surface area (Å²) in [6.07, 6.45) is 1.26. The van der Waals surface area contributed by atoms with Crippen LogP contribution in [-0.4, -0.2) is 31.7 Å². The van der Waals surface area contributed by atoms with E-state index in [-0.39, 0.29) is 11.5 Å². The minimum Gasteiger partial charge on any atom is -0.267 e. The molecule has 1 N–H and O–H groups in total. The van der Waals surface area contributed by atoms with Crippen LogP contribution < -0.4 is 5.43 Å². The first kappa shape index (κ1) is 18.5. The Hall–Kier alpha value is -3.29. The number of benzene rings is 1. The maximum Gasteiger partial charge on any atom is 0.271 e. The first-order valence-electron chi connectivity index (χ1n) is 8.47. The molecule has 0 aliphatic heterocycles. The van der Waals surface area contributed by atoms with Crippen LogP contribution in [0.1, 0.15) is 38.6 Å². The lowest BCUT2D eigenvalue weighted by molar-refractivity contribution is 0.0955. The number of aromatic nitrogens is 4. The molecule has 140 valence electrons. The fourth-order valence-corrected chi connectivity index (χ4v) is 2.83. The summed E-state index contributed by atoms with van der Waals surface area (Å²) in [5.41, 5.74) is 6.60. The molecule has 1 amide bonds. The summed E-state index contributed by atoms with van der Waals surface area (Å²) >= 11 is 0. The molecule has 27 heavy (non-hydrogen) atoms. The average Bonchev–Trinajstić information content (AvgIpc) is 3.06. The molecule has 0 atom stereocenters. The fourth-order valence-electron chi connectivity index (χ4n) is 2.83. The van der Waals surface area contributed by atoms with Crippen molar-refractivity contribution < 1.29 is 9.18 Å². The third-order valence-corrected chi connectivity index (χ3v) is 4.18. The number of rotatable bonds is 5. The summed E-state index contributed by atoms with van der Waals surface area (Å²) in [6, 6.07) is 9.24. The topological polar surface area (TPSA) is 77.1 Å². The van der Waals surface area contributed by atoms with Gasteiger partial charge in [-0.15, -0.1) is 0 Å². The Bertz CT molecular complexity index is 1020. The predicted octanol–water partition coefficient (Wildman–Crippen LogP) is 2.49. The molecule has 2 heterocycles. The highest BCUT2D eigenvalue weighted by Crippen LogP contribution is 2.11. The molecule has 3 rings (SSSR count). The van der Waals surface area contributed by atoms with Gasteiger partial charge >= 0.3 is 0 Å². The number of aryl methyl sites for hydroxylation is 4. The molecule has 3 aromatic rings. The van der Waals surface area contributed by atoms with Gasteiger partial charge < -0.3 is 0 Å². The quantitative estimate of drug-likeness (QED) is 0.555. The molecule has 0 aliphatic carbocycles. The van der Waals surface area contributed by atoms with Gasteiger partial charge in [-0.1, -0.05) is 12.1 Å². The van der Waals surface area contributed by atoms with Gasteiger partial charge in [0.05, 0.1) is 29.7 Å². The van der Waals surface area contributed by atoms with Crippen LogP contribution in [0.3, 0.4) is 0 Å². The minimum atomic E-state index is -0.502. The normalized spacial score (nSPS) is 11.3. The number of hydrogen-bond donors (Lipinski definition) is 1. The summed E-state index contributed by atoms with van der Waals surface area (Å²) in [7, 11) is 1.51. The van der Waals surface area contributed by atoms with E-state index in [1.807, 2.05) is 36.7 Å². The lowest BCUT2D eigenvalue weighted by atomic mass is 10.1. The van der Waals surface area contributed by atoms with E-state index in [1.54, 1.807) is 19.1 Å². The summed E-state index contributed by atoms with van der Waals surface area (Å²) in [4.78, 5) is 12.3. The van der Waals surface area contributed by atoms with Crippen LogP contribution in [-0.2, 0) is 13.6 Å². The van der Waals surface area contributed by atoms with Crippen LogP contribution in [0.4, 0.5) is 4.39 Å². The summed E-state index contributed by atoms with van der Waals surface area (Å²) in [6.45, 7) is 6.18. The SMILES string of the molecule is Cc1cc(C)n(Cc2cccc(C(=O)N/N=C/c3c(C)nn(C)c3F)c2)n1. The number of hydrogen-bond acceptors (Lipinski definition) is 4. The largest absolute Gasteiger partial charge is 0.271 e. The van der Waals surface area contributed by atoms with Crippen LogP contribution in [0.15, 0.2) is 35.4 Å². The van der Waals surface area contributed by atoms with Crippen molar-refractivity contribution in [2.24, 2.45) is 12.1 Å². The van der Waals surface area contributed by atoms with Gasteiger partial charge in [-0.3, -0.25) is 9.48 Å². The van der Waals surface area contributed by atoms with E-state index in [9.17, 15) is 9.18 Å². The zero-order valence-electron chi connectivity index (χ0n) is 15.7. The average molecular weight is 368 g/mol. The van der Waals surface area contributed by atoms with E-state index >= 15 is 0 Å². The van der Waals surface area contributed by atoms with Gasteiger partial charge in [-0.05, 0) is 44.5 Å². The van der Waals surface area contributed by atoms with E-state index in [4.69, 9.17) is 0 Å². The van der Waals surface area contributed by atoms with E-state index in [0.717, 1.165) is 21.6 Å². The van der Waals surface area contributed by atoms with Crippen LogP contribution >= 0.6 is 0 Å². The maximum absolute atomic E-state index is 13.9. The smallest absolute Gasteiger partial charge is 0.267 e. The second-order valence-corrected chi connectivity index (χ2v) is 6.40. The van der Waals surface area contributed by atoms with Gasteiger partial charge in [0.25, 0.3) is 5.91 Å². The predicted molar refractivity (Wildman–Crippen MR) is 100 cm³/mol. The fraction of sp³-hybridized carbons (Fsp3) is 0.263. The number of nitrogens with one attached hydrogen (secondary N) is 1. The number of nitrogens with zero attached hydrogens (tertiary/aromatic N) is 5. The Balaban J connectivity index is 1.70. The molecule has 0 fully saturated rings. The number of carbonyl (C=O) groups excluding carboxylic acids is 1. The third-order valence-electron chi connectivity index (χ3n) is 4.18. The first-order chi connectivity index (χ1) is 12.8. The number of carbonyl (C=O) groups is 1. The van der Waals surface area contributed by atoms with Crippen LogP contribution in [0.5, 0.6) is 0 Å². The zero-order valence-corrected chi connectivity index (χ0v) is 15.7. The highest BCUT2D eigenvalue weighted by atomic mass is 19.1. The van der Waals surface area contributed by atoms with E-state index < -0.39 is 5.95 Å². The minimum absolute atomic E-state index is 0.246. The van der Waals surface area contributed by atoms with Crippen molar-refractivity contribution in [1.82, 2.24) is 25.0 Å². The molecule has 1 aromatic carbocycles. The highest BCUT2D eigenvalue weighted by Gasteiger charge is 2.11. The van der Waals surface area contributed by atoms with Gasteiger partial charge in [-0.25, -0.2) is 10.1 Å². The maximum atomic E-state index is 13.9. The molecular weight excluding hydrogens is 347 g/mol. The van der Waals surface area contributed by atoms with Crippen molar-refractivity contribution >= 4 is 12.1 Å². The Morgan fingerprint density at radius 1 is 1.26 bits per heavy atom. The van der Waals surface area contributed by atoms with Gasteiger partial charge in [0, 0.05) is 18.3 Å². The standard InChI is InChI=1S/C19H21FN6O/c1-12-8-13(2)26(23-12)11-15-6-5-7-16(9-15)19(27)22-21-10-17-14(3)24-25(4)18(17)20/h5-10H,11H2,1-4H3,(H,22,27)/b21-10+. The van der Waals surface area contributed by atoms with Crippen molar-refractivity contribution in [2.45, 2.75) is 27.3 Å². The molecule has 0 unspecified atom stereocenters. The monoisotopic (exact) mass is 368 g/mol. The Kier molecular flexibility index (Phi) is 5.16. The van der Waals surface area contributed by atoms with E-state index in [0.29, 0.717) is 17.8 Å². The lowest BCUT2D eigenvalue weighted by Gasteiger charge is -2.06. The molecule has 8 heteroatoms. The van der Waals surface area contributed by atoms with Crippen molar-refractivity contribution in [3.63, 3.8) is 0 Å². The summed E-state index contributed by atoms with van der Waals surface area (Å²) in [5.74, 6) is -0.874. The molecule has 0 bridgehead atoms. The number of halogens is 1. The zero-order chi connectivity index (χ0) is 19.6. The molecule has 7 nitrogen and oxygen atoms in total. The number of hydrazone groups is 1. The molecule has 0 radical (unpaired) electrons. The van der Waals surface area contributed by atoms with Crippen LogP contribution in [0.25, 0.3) is 0 Å². The lowest BCUT2D eigenvalue weighted by Crippen LogP contribution is -2.18. The second kappa shape index (κ2) is 7.53. The molecule has 2 aromatic heterocycles. The van der Waals surface area contributed by atoms with Crippen molar-refractivity contribution in [1.29, 1.82) is 0 Å². The third kappa shape index (κ3) is 4.11. The van der Waals surface area contributed by atoms with Crippen LogP contribution in [0.2, 0.25) is 0 Å². The number of amides is 1. The van der Waals surface area contributed by atoms with Gasteiger partial charge in [-0.2, -0.15) is 19.7 Å². The van der Waals surface area contributed by atoms with E-state index in [2.05, 4.69) is 20.7 Å². The van der Waals surface area contributed by atoms with Gasteiger partial charge in [0.15, 0.2) is 0 Å². The van der Waals surface area contributed by atoms with Gasteiger partial charge in [0.1, 0.15) is 0 Å². The Morgan fingerprint density at radius 3 is 2.67 bits per heavy atom. The molecule has 0 saturated carbocycles. The van der Waals surface area contributed by atoms with Crippen molar-refractivity contribution in [3.05, 3.63) is 70.1 Å². The van der Waals surface area contributed by atoms with Gasteiger partial charge in [0.2, 0.25) is 5.95 Å². The Morgan fingerprint density at radius 2 is 2.04 bits per heavy atom. The summed E-state index contributed by atoms with van der Waals surface area (Å²) in [5, 5.41) is 12.2. The van der Waals surface area contributed by atoms with Crippen molar-refractivity contribution in [2.75, 3.05) is 0 Å². The molecule has 0 aliphatic rings. The molecular formula is C19H21FN6O. The molecule has 0 saturated heterocycles. The molecule has 0 spiro atoms. The van der Waals surface area contributed by atoms with Crippen LogP contribution in [0, 0.1) is 26.7 Å². The summed E-state index contributed by atoms with van der Waals surface area (Å²) < 4.78 is 16.9. The second-order valence-electron chi connectivity index (χ2n) is 6.40.